The number of carbonyl (C=O) groups excluding carboxylic acids is 1. The van der Waals surface area contributed by atoms with E-state index in [9.17, 15) is 4.79 Å². The number of benzene rings is 3. The third kappa shape index (κ3) is 2.90. The van der Waals surface area contributed by atoms with E-state index in [1.165, 1.54) is 11.1 Å². The number of fused-ring (bicyclic) bond motifs is 1. The number of carbonyl (C=O) groups is 1. The predicted octanol–water partition coefficient (Wildman–Crippen LogP) is 4.84. The average Bonchev–Trinajstić information content (AvgIpc) is 2.67. The maximum atomic E-state index is 13.5. The minimum atomic E-state index is -0.195. The summed E-state index contributed by atoms with van der Waals surface area (Å²) in [6, 6.07) is 28.4. The summed E-state index contributed by atoms with van der Waals surface area (Å²) >= 11 is 0. The molecule has 0 aliphatic carbocycles. The molecule has 1 aliphatic rings. The molecule has 0 spiro atoms. The Balaban J connectivity index is 1.86. The second-order valence-corrected chi connectivity index (χ2v) is 6.68. The van der Waals surface area contributed by atoms with Gasteiger partial charge in [-0.05, 0) is 23.7 Å². The molecule has 0 bridgehead atoms. The van der Waals surface area contributed by atoms with Crippen LogP contribution in [0.15, 0.2) is 84.9 Å². The average molecular weight is 327 g/mol. The molecule has 2 nitrogen and oxygen atoms in total. The third-order valence-corrected chi connectivity index (χ3v) is 5.08. The summed E-state index contributed by atoms with van der Waals surface area (Å²) in [5.41, 5.74) is 4.36. The zero-order valence-corrected chi connectivity index (χ0v) is 14.3. The van der Waals surface area contributed by atoms with Crippen molar-refractivity contribution in [1.82, 2.24) is 4.90 Å². The van der Waals surface area contributed by atoms with Crippen molar-refractivity contribution in [2.24, 2.45) is 0 Å². The van der Waals surface area contributed by atoms with Gasteiger partial charge < -0.3 is 0 Å². The summed E-state index contributed by atoms with van der Waals surface area (Å²) in [7, 11) is 2.11. The number of ketones is 1. The number of nitrogens with zero attached hydrogens (tertiary/aromatic N) is 1. The summed E-state index contributed by atoms with van der Waals surface area (Å²) < 4.78 is 0. The molecule has 3 aromatic rings. The van der Waals surface area contributed by atoms with E-state index in [1.54, 1.807) is 0 Å². The van der Waals surface area contributed by atoms with Gasteiger partial charge in [-0.25, -0.2) is 0 Å². The van der Waals surface area contributed by atoms with Crippen molar-refractivity contribution in [3.8, 4) is 0 Å². The van der Waals surface area contributed by atoms with E-state index >= 15 is 0 Å². The van der Waals surface area contributed by atoms with E-state index in [2.05, 4.69) is 42.3 Å². The topological polar surface area (TPSA) is 20.3 Å². The van der Waals surface area contributed by atoms with Crippen LogP contribution in [0.2, 0.25) is 0 Å². The van der Waals surface area contributed by atoms with Crippen molar-refractivity contribution in [2.45, 2.75) is 18.5 Å². The molecule has 124 valence electrons. The van der Waals surface area contributed by atoms with Crippen molar-refractivity contribution in [1.29, 1.82) is 0 Å². The van der Waals surface area contributed by atoms with E-state index < -0.39 is 0 Å². The summed E-state index contributed by atoms with van der Waals surface area (Å²) in [5.74, 6) is -0.00629. The third-order valence-electron chi connectivity index (χ3n) is 5.08. The standard InChI is InChI=1S/C23H21NO/c1-24-16-19-14-8-9-15-20(19)21(22(24)17-10-4-2-5-11-17)23(25)18-12-6-3-7-13-18/h2-15,21-22H,16H2,1H3. The first-order chi connectivity index (χ1) is 12.3. The number of likely N-dealkylation sites (N-methyl/N-ethyl adjacent to an activating group) is 1. The van der Waals surface area contributed by atoms with Gasteiger partial charge in [-0.1, -0.05) is 84.9 Å². The van der Waals surface area contributed by atoms with Crippen LogP contribution in [0.25, 0.3) is 0 Å². The molecule has 1 aliphatic heterocycles. The van der Waals surface area contributed by atoms with Crippen molar-refractivity contribution in [3.05, 3.63) is 107 Å². The van der Waals surface area contributed by atoms with Crippen LogP contribution in [-0.4, -0.2) is 17.7 Å². The van der Waals surface area contributed by atoms with Gasteiger partial charge in [0.2, 0.25) is 0 Å². The van der Waals surface area contributed by atoms with Crippen LogP contribution in [0, 0.1) is 0 Å². The zero-order chi connectivity index (χ0) is 17.2. The van der Waals surface area contributed by atoms with Gasteiger partial charge in [0.25, 0.3) is 0 Å². The monoisotopic (exact) mass is 327 g/mol. The highest BCUT2D eigenvalue weighted by atomic mass is 16.1. The van der Waals surface area contributed by atoms with Crippen LogP contribution in [-0.2, 0) is 6.54 Å². The maximum Gasteiger partial charge on any atom is 0.172 e. The van der Waals surface area contributed by atoms with Gasteiger partial charge in [0.05, 0.1) is 5.92 Å². The second kappa shape index (κ2) is 6.66. The summed E-state index contributed by atoms with van der Waals surface area (Å²) in [6.07, 6.45) is 0. The quantitative estimate of drug-likeness (QED) is 0.642. The lowest BCUT2D eigenvalue weighted by atomic mass is 9.76. The highest BCUT2D eigenvalue weighted by molar-refractivity contribution is 6.02. The van der Waals surface area contributed by atoms with E-state index in [-0.39, 0.29) is 17.7 Å². The first-order valence-corrected chi connectivity index (χ1v) is 8.68. The Morgan fingerprint density at radius 3 is 2.16 bits per heavy atom. The fourth-order valence-electron chi connectivity index (χ4n) is 3.94. The van der Waals surface area contributed by atoms with Crippen LogP contribution in [0.5, 0.6) is 0 Å². The number of hydrogen-bond acceptors (Lipinski definition) is 2. The highest BCUT2D eigenvalue weighted by Gasteiger charge is 2.38. The molecule has 2 atom stereocenters. The summed E-state index contributed by atoms with van der Waals surface area (Å²) in [4.78, 5) is 15.8. The molecular weight excluding hydrogens is 306 g/mol. The molecule has 0 saturated heterocycles. The molecule has 0 N–H and O–H groups in total. The first-order valence-electron chi connectivity index (χ1n) is 8.68. The van der Waals surface area contributed by atoms with Gasteiger partial charge in [-0.3, -0.25) is 9.69 Å². The molecule has 0 saturated carbocycles. The zero-order valence-electron chi connectivity index (χ0n) is 14.3. The molecule has 2 heteroatoms. The van der Waals surface area contributed by atoms with Crippen LogP contribution >= 0.6 is 0 Å². The van der Waals surface area contributed by atoms with E-state index in [0.717, 1.165) is 17.7 Å². The summed E-state index contributed by atoms with van der Waals surface area (Å²) in [5, 5.41) is 0. The van der Waals surface area contributed by atoms with Crippen LogP contribution in [0.3, 0.4) is 0 Å². The van der Waals surface area contributed by atoms with Gasteiger partial charge >= 0.3 is 0 Å². The number of Topliss-reactive ketones (excluding diaryl/α,β-unsaturated/α-hetero) is 1. The fourth-order valence-corrected chi connectivity index (χ4v) is 3.94. The molecule has 25 heavy (non-hydrogen) atoms. The van der Waals surface area contributed by atoms with E-state index in [0.29, 0.717) is 0 Å². The first kappa shape index (κ1) is 15.8. The number of rotatable bonds is 3. The SMILES string of the molecule is CN1Cc2ccccc2C(C(=O)c2ccccc2)C1c1ccccc1. The van der Waals surface area contributed by atoms with Crippen LogP contribution < -0.4 is 0 Å². The Bertz CT molecular complexity index is 873. The van der Waals surface area contributed by atoms with Gasteiger partial charge in [-0.15, -0.1) is 0 Å². The normalized spacial score (nSPS) is 20.0. The summed E-state index contributed by atoms with van der Waals surface area (Å²) in [6.45, 7) is 0.855. The molecule has 0 fully saturated rings. The predicted molar refractivity (Wildman–Crippen MR) is 101 cm³/mol. The van der Waals surface area contributed by atoms with Crippen molar-refractivity contribution < 1.29 is 4.79 Å². The van der Waals surface area contributed by atoms with Gasteiger partial charge in [0.1, 0.15) is 0 Å². The van der Waals surface area contributed by atoms with Crippen LogP contribution in [0.1, 0.15) is 39.0 Å². The van der Waals surface area contributed by atoms with Crippen LogP contribution in [0.4, 0.5) is 0 Å². The van der Waals surface area contributed by atoms with Crippen molar-refractivity contribution >= 4 is 5.78 Å². The van der Waals surface area contributed by atoms with Crippen molar-refractivity contribution in [3.63, 3.8) is 0 Å². The fraction of sp³-hybridized carbons (Fsp3) is 0.174. The lowest BCUT2D eigenvalue weighted by Crippen LogP contribution is -2.37. The molecule has 3 aromatic carbocycles. The van der Waals surface area contributed by atoms with Gasteiger partial charge in [-0.2, -0.15) is 0 Å². The minimum absolute atomic E-state index is 0.0452. The Morgan fingerprint density at radius 2 is 1.44 bits per heavy atom. The van der Waals surface area contributed by atoms with Gasteiger partial charge in [0.15, 0.2) is 5.78 Å². The lowest BCUT2D eigenvalue weighted by Gasteiger charge is -2.40. The van der Waals surface area contributed by atoms with Crippen molar-refractivity contribution in [2.75, 3.05) is 7.05 Å². The lowest BCUT2D eigenvalue weighted by molar-refractivity contribution is 0.0861. The Morgan fingerprint density at radius 1 is 0.840 bits per heavy atom. The molecule has 2 unspecified atom stereocenters. The highest BCUT2D eigenvalue weighted by Crippen LogP contribution is 2.43. The van der Waals surface area contributed by atoms with E-state index in [1.807, 2.05) is 54.6 Å². The molecule has 4 rings (SSSR count). The molecule has 0 aromatic heterocycles. The Hall–Kier alpha value is -2.71. The maximum absolute atomic E-state index is 13.5. The molecular formula is C23H21NO. The Labute approximate surface area is 148 Å². The largest absolute Gasteiger partial charge is 0.294 e. The van der Waals surface area contributed by atoms with E-state index in [4.69, 9.17) is 0 Å². The molecule has 0 radical (unpaired) electrons. The minimum Gasteiger partial charge on any atom is -0.294 e. The smallest absolute Gasteiger partial charge is 0.172 e. The molecule has 0 amide bonds. The molecule has 1 heterocycles. The number of hydrogen-bond donors (Lipinski definition) is 0. The second-order valence-electron chi connectivity index (χ2n) is 6.68. The Kier molecular flexibility index (Phi) is 4.21. The van der Waals surface area contributed by atoms with Gasteiger partial charge in [0, 0.05) is 18.2 Å².